The summed E-state index contributed by atoms with van der Waals surface area (Å²) >= 11 is 0. The van der Waals surface area contributed by atoms with Crippen molar-refractivity contribution in [1.29, 1.82) is 0 Å². The highest BCUT2D eigenvalue weighted by Gasteiger charge is 2.06. The number of ether oxygens (including phenoxy) is 4. The van der Waals surface area contributed by atoms with Gasteiger partial charge in [0.2, 0.25) is 11.8 Å². The average Bonchev–Trinajstić information content (AvgIpc) is 2.50. The van der Waals surface area contributed by atoms with E-state index in [0.717, 1.165) is 0 Å². The van der Waals surface area contributed by atoms with E-state index in [1.54, 1.807) is 0 Å². The van der Waals surface area contributed by atoms with Crippen molar-refractivity contribution < 1.29 is 32.9 Å². The fraction of sp³-hybridized carbons (Fsp3) is 0.857. The summed E-state index contributed by atoms with van der Waals surface area (Å²) in [6, 6.07) is 0. The Labute approximate surface area is 136 Å². The van der Waals surface area contributed by atoms with Gasteiger partial charge in [-0.15, -0.1) is 0 Å². The first kappa shape index (κ1) is 21.7. The zero-order valence-corrected chi connectivity index (χ0v) is 13.8. The first-order valence-electron chi connectivity index (χ1n) is 7.43. The Hall–Kier alpha value is -1.29. The second-order valence-corrected chi connectivity index (χ2v) is 4.62. The Morgan fingerprint density at radius 3 is 2.22 bits per heavy atom. The maximum atomic E-state index is 13.2. The number of nitrogens with one attached hydrogen (secondary N) is 2. The molecule has 0 aliphatic heterocycles. The van der Waals surface area contributed by atoms with E-state index in [1.165, 1.54) is 14.0 Å². The molecule has 2 amide bonds. The first-order chi connectivity index (χ1) is 11.1. The molecule has 23 heavy (non-hydrogen) atoms. The van der Waals surface area contributed by atoms with Crippen molar-refractivity contribution in [1.82, 2.24) is 10.6 Å². The lowest BCUT2D eigenvalue weighted by atomic mass is 10.4. The summed E-state index contributed by atoms with van der Waals surface area (Å²) in [5.74, 6) is -0.455. The van der Waals surface area contributed by atoms with Crippen LogP contribution in [-0.4, -0.2) is 84.4 Å². The van der Waals surface area contributed by atoms with Crippen LogP contribution in [0.1, 0.15) is 6.92 Å². The summed E-state index contributed by atoms with van der Waals surface area (Å²) in [4.78, 5) is 21.6. The summed E-state index contributed by atoms with van der Waals surface area (Å²) in [5.41, 5.74) is 0. The zero-order valence-electron chi connectivity index (χ0n) is 13.8. The third-order valence-electron chi connectivity index (χ3n) is 2.46. The van der Waals surface area contributed by atoms with E-state index < -0.39 is 6.17 Å². The molecular weight excluding hydrogens is 311 g/mol. The van der Waals surface area contributed by atoms with Gasteiger partial charge in [-0.2, -0.15) is 0 Å². The molecule has 0 saturated carbocycles. The second kappa shape index (κ2) is 15.6. The molecule has 9 heteroatoms. The van der Waals surface area contributed by atoms with Crippen LogP contribution in [0.25, 0.3) is 0 Å². The van der Waals surface area contributed by atoms with Gasteiger partial charge in [0.1, 0.15) is 12.8 Å². The third-order valence-corrected chi connectivity index (χ3v) is 2.46. The smallest absolute Gasteiger partial charge is 0.246 e. The SMILES string of the molecule is COCC(=O)NCCOCCOCCOCC(F)CNC(C)=O. The lowest BCUT2D eigenvalue weighted by Crippen LogP contribution is -2.31. The van der Waals surface area contributed by atoms with E-state index in [1.807, 2.05) is 0 Å². The number of hydrogen-bond acceptors (Lipinski definition) is 6. The van der Waals surface area contributed by atoms with E-state index >= 15 is 0 Å². The van der Waals surface area contributed by atoms with Crippen molar-refractivity contribution in [2.75, 3.05) is 66.4 Å². The van der Waals surface area contributed by atoms with Crippen molar-refractivity contribution >= 4 is 11.8 Å². The standard InChI is InChI=1S/C14H27FN2O6/c1-12(18)17-9-13(15)10-23-8-7-22-6-5-21-4-3-16-14(19)11-20-2/h13H,3-11H2,1-2H3,(H,16,19)(H,17,18). The number of carbonyl (C=O) groups excluding carboxylic acids is 2. The highest BCUT2D eigenvalue weighted by atomic mass is 19.1. The van der Waals surface area contributed by atoms with Gasteiger partial charge in [0.25, 0.3) is 0 Å². The van der Waals surface area contributed by atoms with Crippen molar-refractivity contribution in [3.8, 4) is 0 Å². The summed E-state index contributed by atoms with van der Waals surface area (Å²) in [6.45, 7) is 3.43. The van der Waals surface area contributed by atoms with Gasteiger partial charge in [0.05, 0.1) is 46.2 Å². The first-order valence-corrected chi connectivity index (χ1v) is 7.43. The van der Waals surface area contributed by atoms with Gasteiger partial charge >= 0.3 is 0 Å². The van der Waals surface area contributed by atoms with Crippen molar-refractivity contribution in [3.63, 3.8) is 0 Å². The molecule has 0 saturated heterocycles. The second-order valence-electron chi connectivity index (χ2n) is 4.62. The van der Waals surface area contributed by atoms with Crippen LogP contribution in [0.2, 0.25) is 0 Å². The van der Waals surface area contributed by atoms with Crippen LogP contribution in [0.3, 0.4) is 0 Å². The highest BCUT2D eigenvalue weighted by molar-refractivity contribution is 5.77. The van der Waals surface area contributed by atoms with Gasteiger partial charge in [-0.25, -0.2) is 4.39 Å². The molecular formula is C14H27FN2O6. The lowest BCUT2D eigenvalue weighted by Gasteiger charge is -2.10. The Morgan fingerprint density at radius 1 is 1.00 bits per heavy atom. The quantitative estimate of drug-likeness (QED) is 0.383. The molecule has 2 N–H and O–H groups in total. The number of rotatable bonds is 15. The van der Waals surface area contributed by atoms with Crippen LogP contribution in [0.5, 0.6) is 0 Å². The number of carbonyl (C=O) groups is 2. The van der Waals surface area contributed by atoms with E-state index in [0.29, 0.717) is 33.0 Å². The number of methoxy groups -OCH3 is 1. The number of alkyl halides is 1. The summed E-state index contributed by atoms with van der Waals surface area (Å²) in [6.07, 6.45) is -1.23. The molecule has 0 rings (SSSR count). The zero-order chi connectivity index (χ0) is 17.3. The van der Waals surface area contributed by atoms with Crippen molar-refractivity contribution in [3.05, 3.63) is 0 Å². The summed E-state index contributed by atoms with van der Waals surface area (Å²) in [7, 11) is 1.45. The van der Waals surface area contributed by atoms with Crippen LogP contribution in [0.15, 0.2) is 0 Å². The Bertz CT molecular complexity index is 320. The van der Waals surface area contributed by atoms with Gasteiger partial charge in [-0.05, 0) is 0 Å². The van der Waals surface area contributed by atoms with E-state index in [4.69, 9.17) is 14.2 Å². The molecule has 0 aromatic carbocycles. The number of hydrogen-bond donors (Lipinski definition) is 2. The number of halogens is 1. The lowest BCUT2D eigenvalue weighted by molar-refractivity contribution is -0.125. The fourth-order valence-electron chi connectivity index (χ4n) is 1.41. The van der Waals surface area contributed by atoms with Crippen LogP contribution in [0, 0.1) is 0 Å². The van der Waals surface area contributed by atoms with Crippen LogP contribution in [-0.2, 0) is 28.5 Å². The minimum atomic E-state index is -1.23. The monoisotopic (exact) mass is 338 g/mol. The fourth-order valence-corrected chi connectivity index (χ4v) is 1.41. The average molecular weight is 338 g/mol. The molecule has 0 radical (unpaired) electrons. The third kappa shape index (κ3) is 16.9. The molecule has 0 fully saturated rings. The van der Waals surface area contributed by atoms with Crippen molar-refractivity contribution in [2.45, 2.75) is 13.1 Å². The molecule has 1 atom stereocenters. The van der Waals surface area contributed by atoms with E-state index in [9.17, 15) is 14.0 Å². The molecule has 0 aromatic rings. The minimum absolute atomic E-state index is 0.0354. The van der Waals surface area contributed by atoms with Gasteiger partial charge in [-0.3, -0.25) is 9.59 Å². The highest BCUT2D eigenvalue weighted by Crippen LogP contribution is 1.91. The van der Waals surface area contributed by atoms with Crippen molar-refractivity contribution in [2.24, 2.45) is 0 Å². The minimum Gasteiger partial charge on any atom is -0.377 e. The van der Waals surface area contributed by atoms with Gasteiger partial charge in [-0.1, -0.05) is 0 Å². The van der Waals surface area contributed by atoms with Crippen LogP contribution >= 0.6 is 0 Å². The largest absolute Gasteiger partial charge is 0.377 e. The Morgan fingerprint density at radius 2 is 1.61 bits per heavy atom. The molecule has 0 aliphatic carbocycles. The summed E-state index contributed by atoms with van der Waals surface area (Å²) in [5, 5.41) is 4.99. The summed E-state index contributed by atoms with van der Waals surface area (Å²) < 4.78 is 33.4. The molecule has 0 bridgehead atoms. The maximum absolute atomic E-state index is 13.2. The molecule has 0 spiro atoms. The molecule has 8 nitrogen and oxygen atoms in total. The van der Waals surface area contributed by atoms with Gasteiger partial charge < -0.3 is 29.6 Å². The van der Waals surface area contributed by atoms with Gasteiger partial charge in [0, 0.05) is 20.6 Å². The predicted molar refractivity (Wildman–Crippen MR) is 80.9 cm³/mol. The normalized spacial score (nSPS) is 12.0. The number of amides is 2. The molecule has 0 aromatic heterocycles. The van der Waals surface area contributed by atoms with Crippen LogP contribution < -0.4 is 10.6 Å². The van der Waals surface area contributed by atoms with E-state index in [2.05, 4.69) is 15.4 Å². The van der Waals surface area contributed by atoms with Crippen LogP contribution in [0.4, 0.5) is 4.39 Å². The predicted octanol–water partition coefficient (Wildman–Crippen LogP) is -0.727. The topological polar surface area (TPSA) is 95.1 Å². The molecule has 136 valence electrons. The van der Waals surface area contributed by atoms with E-state index in [-0.39, 0.29) is 38.2 Å². The maximum Gasteiger partial charge on any atom is 0.246 e. The Kier molecular flexibility index (Phi) is 14.7. The Balaban J connectivity index is 3.19. The molecule has 0 heterocycles. The molecule has 0 aliphatic rings. The van der Waals surface area contributed by atoms with Gasteiger partial charge in [0.15, 0.2) is 0 Å². The molecule has 1 unspecified atom stereocenters.